The van der Waals surface area contributed by atoms with Crippen molar-refractivity contribution in [1.82, 2.24) is 9.97 Å². The van der Waals surface area contributed by atoms with E-state index in [1.54, 1.807) is 0 Å². The maximum absolute atomic E-state index is 11.4. The molecule has 0 aliphatic heterocycles. The number of methoxy groups -OCH3 is 1. The molecule has 0 aliphatic carbocycles. The third-order valence-corrected chi connectivity index (χ3v) is 2.91. The lowest BCUT2D eigenvalue weighted by molar-refractivity contribution is -0.119. The van der Waals surface area contributed by atoms with Crippen LogP contribution in [0.3, 0.4) is 0 Å². The lowest BCUT2D eigenvalue weighted by Gasteiger charge is -2.10. The first-order valence-corrected chi connectivity index (χ1v) is 7.36. The normalized spacial score (nSPS) is 10.2. The van der Waals surface area contributed by atoms with E-state index in [1.165, 1.54) is 7.11 Å². The number of amides is 1. The highest BCUT2D eigenvalue weighted by Gasteiger charge is 2.04. The molecule has 0 saturated heterocycles. The molecule has 2 rings (SSSR count). The van der Waals surface area contributed by atoms with Crippen molar-refractivity contribution in [2.24, 2.45) is 0 Å². The molecule has 1 heterocycles. The van der Waals surface area contributed by atoms with Crippen molar-refractivity contribution in [3.63, 3.8) is 0 Å². The molecule has 0 saturated carbocycles. The van der Waals surface area contributed by atoms with Crippen molar-refractivity contribution in [1.29, 1.82) is 0 Å². The van der Waals surface area contributed by atoms with Crippen LogP contribution in [0.15, 0.2) is 30.3 Å². The maximum Gasteiger partial charge on any atom is 0.250 e. The quantitative estimate of drug-likeness (QED) is 0.728. The van der Waals surface area contributed by atoms with Gasteiger partial charge in [-0.2, -0.15) is 4.98 Å². The van der Waals surface area contributed by atoms with E-state index in [4.69, 9.17) is 4.74 Å². The summed E-state index contributed by atoms with van der Waals surface area (Å²) in [6.45, 7) is 4.71. The van der Waals surface area contributed by atoms with Crippen molar-refractivity contribution in [2.45, 2.75) is 13.8 Å². The summed E-state index contributed by atoms with van der Waals surface area (Å²) in [7, 11) is 1.48. The minimum atomic E-state index is -0.185. The zero-order valence-corrected chi connectivity index (χ0v) is 13.5. The second kappa shape index (κ2) is 8.09. The number of nitrogens with zero attached hydrogens (tertiary/aromatic N) is 2. The minimum Gasteiger partial charge on any atom is -0.375 e. The predicted molar refractivity (Wildman–Crippen MR) is 91.2 cm³/mol. The van der Waals surface area contributed by atoms with Crippen LogP contribution in [0.5, 0.6) is 0 Å². The van der Waals surface area contributed by atoms with E-state index in [-0.39, 0.29) is 12.5 Å². The van der Waals surface area contributed by atoms with Gasteiger partial charge in [0.25, 0.3) is 0 Å². The summed E-state index contributed by atoms with van der Waals surface area (Å²) in [6, 6.07) is 9.24. The minimum absolute atomic E-state index is 0.0351. The zero-order chi connectivity index (χ0) is 16.7. The van der Waals surface area contributed by atoms with Crippen molar-refractivity contribution in [3.05, 3.63) is 36.0 Å². The van der Waals surface area contributed by atoms with E-state index in [9.17, 15) is 4.79 Å². The van der Waals surface area contributed by atoms with E-state index >= 15 is 0 Å². The molecular weight excluding hydrogens is 294 g/mol. The van der Waals surface area contributed by atoms with Crippen LogP contribution in [0.25, 0.3) is 0 Å². The van der Waals surface area contributed by atoms with Crippen LogP contribution in [-0.2, 0) is 9.53 Å². The average molecular weight is 315 g/mol. The third kappa shape index (κ3) is 5.23. The molecule has 3 N–H and O–H groups in total. The Balaban J connectivity index is 2.04. The molecule has 1 aromatic carbocycles. The highest BCUT2D eigenvalue weighted by molar-refractivity contribution is 5.91. The molecule has 0 fully saturated rings. The fourth-order valence-corrected chi connectivity index (χ4v) is 1.98. The molecule has 122 valence electrons. The SMILES string of the molecule is CCNc1nc(C)cc(Nc2ccc(NC(=O)COC)cc2)n1. The first-order valence-electron chi connectivity index (χ1n) is 7.36. The smallest absolute Gasteiger partial charge is 0.250 e. The van der Waals surface area contributed by atoms with Crippen molar-refractivity contribution < 1.29 is 9.53 Å². The number of rotatable bonds is 7. The topological polar surface area (TPSA) is 88.2 Å². The maximum atomic E-state index is 11.4. The lowest BCUT2D eigenvalue weighted by Crippen LogP contribution is -2.16. The van der Waals surface area contributed by atoms with E-state index in [2.05, 4.69) is 25.9 Å². The third-order valence-electron chi connectivity index (χ3n) is 2.91. The first-order chi connectivity index (χ1) is 11.1. The van der Waals surface area contributed by atoms with Crippen LogP contribution in [0.2, 0.25) is 0 Å². The summed E-state index contributed by atoms with van der Waals surface area (Å²) in [5.74, 6) is 1.12. The van der Waals surface area contributed by atoms with Crippen molar-refractivity contribution in [3.8, 4) is 0 Å². The average Bonchev–Trinajstić information content (AvgIpc) is 2.49. The number of carbonyl (C=O) groups is 1. The van der Waals surface area contributed by atoms with Crippen LogP contribution in [0.4, 0.5) is 23.1 Å². The molecule has 0 atom stereocenters. The number of carbonyl (C=O) groups excluding carboxylic acids is 1. The summed E-state index contributed by atoms with van der Waals surface area (Å²) in [5.41, 5.74) is 2.46. The fraction of sp³-hybridized carbons (Fsp3) is 0.312. The predicted octanol–water partition coefficient (Wildman–Crippen LogP) is 2.55. The van der Waals surface area contributed by atoms with Gasteiger partial charge < -0.3 is 20.7 Å². The standard InChI is InChI=1S/C16H21N5O2/c1-4-17-16-18-11(2)9-14(21-16)19-12-5-7-13(8-6-12)20-15(22)10-23-3/h5-9H,4,10H2,1-3H3,(H,20,22)(H2,17,18,19,21). The van der Waals surface area contributed by atoms with Gasteiger partial charge in [-0.3, -0.25) is 4.79 Å². The molecule has 23 heavy (non-hydrogen) atoms. The van der Waals surface area contributed by atoms with Crippen LogP contribution in [0, 0.1) is 6.92 Å². The highest BCUT2D eigenvalue weighted by Crippen LogP contribution is 2.19. The second-order valence-electron chi connectivity index (χ2n) is 4.93. The second-order valence-corrected chi connectivity index (χ2v) is 4.93. The number of nitrogens with one attached hydrogen (secondary N) is 3. The van der Waals surface area contributed by atoms with Crippen molar-refractivity contribution >= 4 is 29.0 Å². The molecule has 7 nitrogen and oxygen atoms in total. The number of anilines is 4. The Morgan fingerprint density at radius 2 is 1.87 bits per heavy atom. The Labute approximate surface area is 135 Å². The van der Waals surface area contributed by atoms with Gasteiger partial charge in [0.05, 0.1) is 0 Å². The van der Waals surface area contributed by atoms with Crippen LogP contribution < -0.4 is 16.0 Å². The van der Waals surface area contributed by atoms with Gasteiger partial charge in [0.15, 0.2) is 0 Å². The number of ether oxygens (including phenoxy) is 1. The molecule has 0 unspecified atom stereocenters. The van der Waals surface area contributed by atoms with Crippen LogP contribution >= 0.6 is 0 Å². The number of aromatic nitrogens is 2. The lowest BCUT2D eigenvalue weighted by atomic mass is 10.2. The Morgan fingerprint density at radius 3 is 2.52 bits per heavy atom. The molecule has 0 radical (unpaired) electrons. The van der Waals surface area contributed by atoms with Gasteiger partial charge in [0.1, 0.15) is 12.4 Å². The van der Waals surface area contributed by atoms with Crippen LogP contribution in [-0.4, -0.2) is 36.1 Å². The zero-order valence-electron chi connectivity index (χ0n) is 13.5. The molecular formula is C16H21N5O2. The number of aryl methyl sites for hydroxylation is 1. The molecule has 0 aliphatic rings. The Morgan fingerprint density at radius 1 is 1.17 bits per heavy atom. The fourth-order valence-electron chi connectivity index (χ4n) is 1.98. The molecule has 0 bridgehead atoms. The molecule has 0 spiro atoms. The van der Waals surface area contributed by atoms with Gasteiger partial charge in [-0.25, -0.2) is 4.98 Å². The van der Waals surface area contributed by atoms with Gasteiger partial charge in [0, 0.05) is 36.8 Å². The Bertz CT molecular complexity index is 658. The summed E-state index contributed by atoms with van der Waals surface area (Å²) in [4.78, 5) is 20.2. The van der Waals surface area contributed by atoms with E-state index < -0.39 is 0 Å². The van der Waals surface area contributed by atoms with Gasteiger partial charge >= 0.3 is 0 Å². The van der Waals surface area contributed by atoms with Gasteiger partial charge in [0.2, 0.25) is 11.9 Å². The Hall–Kier alpha value is -2.67. The summed E-state index contributed by atoms with van der Waals surface area (Å²) in [6.07, 6.45) is 0. The molecule has 1 amide bonds. The monoisotopic (exact) mass is 315 g/mol. The number of benzene rings is 1. The van der Waals surface area contributed by atoms with E-state index in [0.29, 0.717) is 17.5 Å². The first kappa shape index (κ1) is 16.7. The summed E-state index contributed by atoms with van der Waals surface area (Å²) >= 11 is 0. The number of hydrogen-bond acceptors (Lipinski definition) is 6. The molecule has 7 heteroatoms. The van der Waals surface area contributed by atoms with Gasteiger partial charge in [-0.1, -0.05) is 0 Å². The summed E-state index contributed by atoms with van der Waals surface area (Å²) < 4.78 is 4.78. The summed E-state index contributed by atoms with van der Waals surface area (Å²) in [5, 5.41) is 9.06. The van der Waals surface area contributed by atoms with Gasteiger partial charge in [-0.05, 0) is 38.1 Å². The van der Waals surface area contributed by atoms with Crippen LogP contribution in [0.1, 0.15) is 12.6 Å². The van der Waals surface area contributed by atoms with E-state index in [0.717, 1.165) is 17.9 Å². The molecule has 2 aromatic rings. The Kier molecular flexibility index (Phi) is 5.87. The molecule has 1 aromatic heterocycles. The van der Waals surface area contributed by atoms with E-state index in [1.807, 2.05) is 44.2 Å². The largest absolute Gasteiger partial charge is 0.375 e. The number of hydrogen-bond donors (Lipinski definition) is 3. The van der Waals surface area contributed by atoms with Gasteiger partial charge in [-0.15, -0.1) is 0 Å². The van der Waals surface area contributed by atoms with Crippen molar-refractivity contribution in [2.75, 3.05) is 36.2 Å². The highest BCUT2D eigenvalue weighted by atomic mass is 16.5.